The summed E-state index contributed by atoms with van der Waals surface area (Å²) >= 11 is 13.4. The molecule has 0 saturated heterocycles. The molecule has 3 aromatic carbocycles. The summed E-state index contributed by atoms with van der Waals surface area (Å²) in [7, 11) is 3.20. The molecule has 1 N–H and O–H groups in total. The molecular formula is C25H24Cl2O5. The number of ether oxygens (including phenoxy) is 4. The number of alkyl halides is 2. The molecule has 5 nitrogen and oxygen atoms in total. The Kier molecular flexibility index (Phi) is 4.76. The Labute approximate surface area is 196 Å². The van der Waals surface area contributed by atoms with E-state index in [-0.39, 0.29) is 12.7 Å². The average molecular weight is 475 g/mol. The van der Waals surface area contributed by atoms with Crippen LogP contribution < -0.4 is 18.9 Å². The summed E-state index contributed by atoms with van der Waals surface area (Å²) in [5.41, 5.74) is -1.02. The van der Waals surface area contributed by atoms with Crippen LogP contribution in [0.5, 0.6) is 23.0 Å². The molecule has 1 aliphatic carbocycles. The quantitative estimate of drug-likeness (QED) is 0.484. The van der Waals surface area contributed by atoms with Crippen molar-refractivity contribution in [3.8, 4) is 23.0 Å². The molecule has 5 rings (SSSR count). The van der Waals surface area contributed by atoms with Gasteiger partial charge in [0.25, 0.3) is 0 Å². The summed E-state index contributed by atoms with van der Waals surface area (Å²) in [4.78, 5) is 0. The van der Waals surface area contributed by atoms with E-state index >= 15 is 0 Å². The molecule has 0 spiro atoms. The molecule has 1 saturated carbocycles. The minimum atomic E-state index is -1.49. The molecule has 1 aliphatic heterocycles. The van der Waals surface area contributed by atoms with Crippen molar-refractivity contribution in [2.75, 3.05) is 21.0 Å². The molecule has 168 valence electrons. The lowest BCUT2D eigenvalue weighted by Gasteiger charge is -2.37. The van der Waals surface area contributed by atoms with E-state index in [0.29, 0.717) is 34.1 Å². The van der Waals surface area contributed by atoms with Gasteiger partial charge in [-0.3, -0.25) is 0 Å². The Morgan fingerprint density at radius 3 is 2.09 bits per heavy atom. The van der Waals surface area contributed by atoms with Crippen molar-refractivity contribution in [3.63, 3.8) is 0 Å². The van der Waals surface area contributed by atoms with Crippen LogP contribution in [-0.4, -0.2) is 30.5 Å². The Balaban J connectivity index is 1.73. The van der Waals surface area contributed by atoms with Gasteiger partial charge < -0.3 is 24.1 Å². The van der Waals surface area contributed by atoms with Crippen molar-refractivity contribution in [2.45, 2.75) is 23.8 Å². The molecule has 3 aromatic rings. The van der Waals surface area contributed by atoms with Crippen molar-refractivity contribution in [2.24, 2.45) is 11.3 Å². The summed E-state index contributed by atoms with van der Waals surface area (Å²) < 4.78 is 20.8. The fourth-order valence-corrected chi connectivity index (χ4v) is 5.91. The fourth-order valence-electron chi connectivity index (χ4n) is 4.98. The van der Waals surface area contributed by atoms with Gasteiger partial charge in [0.2, 0.25) is 6.79 Å². The first-order chi connectivity index (χ1) is 15.2. The highest BCUT2D eigenvalue weighted by molar-refractivity contribution is 6.52. The van der Waals surface area contributed by atoms with Crippen LogP contribution in [0.15, 0.2) is 48.5 Å². The summed E-state index contributed by atoms with van der Waals surface area (Å²) in [5.74, 6) is 2.32. The zero-order valence-electron chi connectivity index (χ0n) is 18.2. The third kappa shape index (κ3) is 2.68. The molecule has 2 aliphatic rings. The molecule has 1 heterocycles. The Morgan fingerprint density at radius 1 is 0.906 bits per heavy atom. The first kappa shape index (κ1) is 21.5. The highest BCUT2D eigenvalue weighted by Gasteiger charge is 2.79. The van der Waals surface area contributed by atoms with E-state index < -0.39 is 15.3 Å². The molecule has 32 heavy (non-hydrogen) atoms. The van der Waals surface area contributed by atoms with Gasteiger partial charge in [0.15, 0.2) is 23.0 Å². The molecule has 3 atom stereocenters. The summed E-state index contributed by atoms with van der Waals surface area (Å²) in [6, 6.07) is 15.1. The lowest BCUT2D eigenvalue weighted by atomic mass is 9.73. The third-order valence-electron chi connectivity index (χ3n) is 7.32. The lowest BCUT2D eigenvalue weighted by molar-refractivity contribution is 0.00153. The maximum Gasteiger partial charge on any atom is 0.231 e. The van der Waals surface area contributed by atoms with Gasteiger partial charge in [0.1, 0.15) is 9.93 Å². The highest BCUT2D eigenvalue weighted by atomic mass is 35.5. The van der Waals surface area contributed by atoms with Crippen LogP contribution in [0.25, 0.3) is 10.8 Å². The third-order valence-corrected chi connectivity index (χ3v) is 8.76. The second-order valence-electron chi connectivity index (χ2n) is 8.59. The molecule has 0 aromatic heterocycles. The first-order valence-corrected chi connectivity index (χ1v) is 11.1. The Bertz CT molecular complexity index is 1230. The lowest BCUT2D eigenvalue weighted by Crippen LogP contribution is -2.40. The number of fused-ring (bicyclic) bond motifs is 2. The van der Waals surface area contributed by atoms with Gasteiger partial charge in [0.05, 0.1) is 14.2 Å². The van der Waals surface area contributed by atoms with Crippen molar-refractivity contribution in [3.05, 3.63) is 59.7 Å². The first-order valence-electron chi connectivity index (χ1n) is 10.3. The predicted octanol–water partition coefficient (Wildman–Crippen LogP) is 5.65. The number of benzene rings is 3. The number of hydrogen-bond acceptors (Lipinski definition) is 5. The van der Waals surface area contributed by atoms with Gasteiger partial charge in [-0.2, -0.15) is 0 Å². The summed E-state index contributed by atoms with van der Waals surface area (Å²) in [5, 5.41) is 14.3. The number of halogens is 2. The molecule has 0 bridgehead atoms. The van der Waals surface area contributed by atoms with Gasteiger partial charge in [0, 0.05) is 11.3 Å². The largest absolute Gasteiger partial charge is 0.493 e. The van der Waals surface area contributed by atoms with E-state index in [0.717, 1.165) is 10.8 Å². The Hall–Kier alpha value is -2.34. The monoisotopic (exact) mass is 474 g/mol. The standard InChI is InChI=1S/C25H24Cl2O5/c1-14-23(2,25(14,26)27)24(28,18-7-8-19-22(12-18)32-13-31-19)17-6-5-15-10-20(29-3)21(30-4)11-16(15)9-17/h5-12,14,28H,13H2,1-4H3/t14-,23-,24-/m0/s1. The minimum Gasteiger partial charge on any atom is -0.493 e. The van der Waals surface area contributed by atoms with Crippen molar-refractivity contribution in [1.82, 2.24) is 0 Å². The van der Waals surface area contributed by atoms with Crippen molar-refractivity contribution < 1.29 is 24.1 Å². The highest BCUT2D eigenvalue weighted by Crippen LogP contribution is 2.76. The van der Waals surface area contributed by atoms with Crippen molar-refractivity contribution in [1.29, 1.82) is 0 Å². The second kappa shape index (κ2) is 7.08. The van der Waals surface area contributed by atoms with E-state index in [1.54, 1.807) is 26.4 Å². The van der Waals surface area contributed by atoms with E-state index in [9.17, 15) is 5.11 Å². The number of methoxy groups -OCH3 is 2. The summed E-state index contributed by atoms with van der Waals surface area (Å²) in [6.45, 7) is 4.02. The van der Waals surface area contributed by atoms with Crippen LogP contribution in [0, 0.1) is 11.3 Å². The fraction of sp³-hybridized carbons (Fsp3) is 0.360. The van der Waals surface area contributed by atoms with Crippen LogP contribution >= 0.6 is 23.2 Å². The Morgan fingerprint density at radius 2 is 1.47 bits per heavy atom. The van der Waals surface area contributed by atoms with Crippen LogP contribution in [-0.2, 0) is 5.60 Å². The zero-order valence-corrected chi connectivity index (χ0v) is 19.8. The minimum absolute atomic E-state index is 0.150. The van der Waals surface area contributed by atoms with Crippen LogP contribution in [0.2, 0.25) is 0 Å². The maximum atomic E-state index is 12.5. The maximum absolute atomic E-state index is 12.5. The molecule has 0 amide bonds. The van der Waals surface area contributed by atoms with Gasteiger partial charge in [-0.1, -0.05) is 32.0 Å². The number of rotatable bonds is 5. The molecule has 0 unspecified atom stereocenters. The number of aliphatic hydroxyl groups is 1. The normalized spacial score (nSPS) is 24.8. The smallest absolute Gasteiger partial charge is 0.231 e. The average Bonchev–Trinajstić information content (AvgIpc) is 3.14. The molecule has 1 fully saturated rings. The van der Waals surface area contributed by atoms with Crippen LogP contribution in [0.4, 0.5) is 0 Å². The van der Waals surface area contributed by atoms with Gasteiger partial charge in [-0.05, 0) is 52.2 Å². The van der Waals surface area contributed by atoms with E-state index in [1.807, 2.05) is 50.2 Å². The van der Waals surface area contributed by atoms with Crippen LogP contribution in [0.1, 0.15) is 25.0 Å². The molecule has 7 heteroatoms. The van der Waals surface area contributed by atoms with Gasteiger partial charge in [-0.15, -0.1) is 23.2 Å². The second-order valence-corrected chi connectivity index (χ2v) is 9.98. The topological polar surface area (TPSA) is 57.2 Å². The zero-order chi connectivity index (χ0) is 22.9. The predicted molar refractivity (Wildman–Crippen MR) is 124 cm³/mol. The van der Waals surface area contributed by atoms with Gasteiger partial charge >= 0.3 is 0 Å². The van der Waals surface area contributed by atoms with E-state index in [4.69, 9.17) is 42.1 Å². The molecular weight excluding hydrogens is 451 g/mol. The summed E-state index contributed by atoms with van der Waals surface area (Å²) in [6.07, 6.45) is 0. The van der Waals surface area contributed by atoms with E-state index in [2.05, 4.69) is 0 Å². The van der Waals surface area contributed by atoms with Crippen molar-refractivity contribution >= 4 is 34.0 Å². The van der Waals surface area contributed by atoms with Crippen LogP contribution in [0.3, 0.4) is 0 Å². The van der Waals surface area contributed by atoms with E-state index in [1.165, 1.54) is 0 Å². The SMILES string of the molecule is COc1cc2ccc([C@](O)(c3ccc4c(c3)OCO4)[C@]3(C)[C@H](C)C3(Cl)Cl)cc2cc1OC. The van der Waals surface area contributed by atoms with Gasteiger partial charge in [-0.25, -0.2) is 0 Å². The molecule has 0 radical (unpaired) electrons. The number of hydrogen-bond donors (Lipinski definition) is 1.